The van der Waals surface area contributed by atoms with Crippen LogP contribution in [0.2, 0.25) is 0 Å². The van der Waals surface area contributed by atoms with E-state index in [1.54, 1.807) is 6.20 Å². The number of likely N-dealkylation sites (tertiary alicyclic amines) is 1. The van der Waals surface area contributed by atoms with Gasteiger partial charge in [-0.15, -0.1) is 0 Å². The first-order valence-electron chi connectivity index (χ1n) is 6.85. The van der Waals surface area contributed by atoms with Crippen LogP contribution in [0.4, 0.5) is 4.79 Å². The first-order chi connectivity index (χ1) is 10.0. The number of carboxylic acid groups (broad SMARTS) is 1. The molecule has 2 N–H and O–H groups in total. The summed E-state index contributed by atoms with van der Waals surface area (Å²) in [6, 6.07) is 7.75. The summed E-state index contributed by atoms with van der Waals surface area (Å²) in [4.78, 5) is 20.4. The van der Waals surface area contributed by atoms with Gasteiger partial charge in [0.15, 0.2) is 0 Å². The highest BCUT2D eigenvalue weighted by Crippen LogP contribution is 2.34. The lowest BCUT2D eigenvalue weighted by atomic mass is 10.1. The van der Waals surface area contributed by atoms with E-state index in [9.17, 15) is 9.90 Å². The second-order valence-corrected chi connectivity index (χ2v) is 6.40. The molecule has 2 aromatic rings. The zero-order chi connectivity index (χ0) is 15.0. The summed E-state index contributed by atoms with van der Waals surface area (Å²) in [6.07, 6.45) is 1.69. The van der Waals surface area contributed by atoms with Crippen molar-refractivity contribution in [1.82, 2.24) is 14.9 Å². The molecule has 1 aliphatic heterocycles. The van der Waals surface area contributed by atoms with Crippen molar-refractivity contribution in [1.29, 1.82) is 0 Å². The Morgan fingerprint density at radius 3 is 2.81 bits per heavy atom. The van der Waals surface area contributed by atoms with Crippen molar-refractivity contribution in [2.24, 2.45) is 5.92 Å². The molecule has 1 aromatic carbocycles. The number of benzene rings is 1. The smallest absolute Gasteiger partial charge is 0.407 e. The molecule has 0 saturated carbocycles. The van der Waals surface area contributed by atoms with E-state index in [2.05, 4.69) is 32.8 Å². The van der Waals surface area contributed by atoms with Crippen molar-refractivity contribution < 1.29 is 9.90 Å². The zero-order valence-corrected chi connectivity index (χ0v) is 13.2. The maximum Gasteiger partial charge on any atom is 0.407 e. The van der Waals surface area contributed by atoms with E-state index < -0.39 is 6.09 Å². The van der Waals surface area contributed by atoms with Crippen LogP contribution in [-0.2, 0) is 0 Å². The molecule has 2 atom stereocenters. The number of rotatable bonds is 2. The van der Waals surface area contributed by atoms with Crippen LogP contribution in [0.25, 0.3) is 11.3 Å². The minimum Gasteiger partial charge on any atom is -0.465 e. The molecule has 5 nitrogen and oxygen atoms in total. The number of halogens is 1. The van der Waals surface area contributed by atoms with E-state index in [1.165, 1.54) is 4.90 Å². The third-order valence-electron chi connectivity index (χ3n) is 3.82. The van der Waals surface area contributed by atoms with Crippen LogP contribution in [0.15, 0.2) is 34.9 Å². The van der Waals surface area contributed by atoms with Crippen LogP contribution in [0.1, 0.15) is 25.2 Å². The number of nitrogens with one attached hydrogen (secondary N) is 1. The first kappa shape index (κ1) is 14.1. The van der Waals surface area contributed by atoms with Gasteiger partial charge in [-0.05, 0) is 30.0 Å². The molecule has 0 aliphatic carbocycles. The normalized spacial score (nSPS) is 21.7. The number of aromatic nitrogens is 2. The molecule has 0 radical (unpaired) electrons. The summed E-state index contributed by atoms with van der Waals surface area (Å²) in [5, 5.41) is 9.30. The monoisotopic (exact) mass is 349 g/mol. The van der Waals surface area contributed by atoms with Crippen LogP contribution in [0.3, 0.4) is 0 Å². The molecular formula is C15H16BrN3O2. The van der Waals surface area contributed by atoms with Crippen molar-refractivity contribution in [2.75, 3.05) is 6.54 Å². The minimum absolute atomic E-state index is 0.179. The van der Waals surface area contributed by atoms with E-state index >= 15 is 0 Å². The van der Waals surface area contributed by atoms with Gasteiger partial charge in [0.05, 0.1) is 17.9 Å². The number of amides is 1. The molecule has 110 valence electrons. The van der Waals surface area contributed by atoms with E-state index in [-0.39, 0.29) is 6.04 Å². The molecule has 1 fully saturated rings. The Morgan fingerprint density at radius 2 is 2.14 bits per heavy atom. The van der Waals surface area contributed by atoms with Crippen LogP contribution in [0.5, 0.6) is 0 Å². The topological polar surface area (TPSA) is 69.2 Å². The van der Waals surface area contributed by atoms with E-state index in [0.29, 0.717) is 12.5 Å². The van der Waals surface area contributed by atoms with E-state index in [1.807, 2.05) is 24.3 Å². The van der Waals surface area contributed by atoms with Crippen molar-refractivity contribution in [3.63, 3.8) is 0 Å². The predicted octanol–water partition coefficient (Wildman–Crippen LogP) is 3.90. The largest absolute Gasteiger partial charge is 0.465 e. The number of aromatic amines is 1. The average Bonchev–Trinajstić information content (AvgIpc) is 3.06. The molecule has 6 heteroatoms. The number of imidazole rings is 1. The highest BCUT2D eigenvalue weighted by molar-refractivity contribution is 9.10. The molecular weight excluding hydrogens is 334 g/mol. The van der Waals surface area contributed by atoms with Crippen molar-refractivity contribution in [3.8, 4) is 11.3 Å². The molecule has 2 unspecified atom stereocenters. The maximum atomic E-state index is 11.3. The van der Waals surface area contributed by atoms with Gasteiger partial charge >= 0.3 is 6.09 Å². The molecule has 2 heterocycles. The molecule has 3 rings (SSSR count). The summed E-state index contributed by atoms with van der Waals surface area (Å²) < 4.78 is 1.02. The predicted molar refractivity (Wildman–Crippen MR) is 83.0 cm³/mol. The van der Waals surface area contributed by atoms with E-state index in [4.69, 9.17) is 0 Å². The average molecular weight is 350 g/mol. The molecule has 0 spiro atoms. The molecule has 1 amide bonds. The second-order valence-electron chi connectivity index (χ2n) is 5.48. The van der Waals surface area contributed by atoms with Crippen LogP contribution in [0, 0.1) is 5.92 Å². The Bertz CT molecular complexity index is 653. The Balaban J connectivity index is 1.87. The lowest BCUT2D eigenvalue weighted by Gasteiger charge is -2.19. The Morgan fingerprint density at radius 1 is 1.43 bits per heavy atom. The van der Waals surface area contributed by atoms with Gasteiger partial charge in [0.1, 0.15) is 5.82 Å². The zero-order valence-electron chi connectivity index (χ0n) is 11.6. The van der Waals surface area contributed by atoms with Gasteiger partial charge in [-0.2, -0.15) is 0 Å². The summed E-state index contributed by atoms with van der Waals surface area (Å²) in [5.41, 5.74) is 1.94. The number of hydrogen-bond donors (Lipinski definition) is 2. The van der Waals surface area contributed by atoms with Crippen LogP contribution >= 0.6 is 15.9 Å². The van der Waals surface area contributed by atoms with E-state index in [0.717, 1.165) is 28.0 Å². The third kappa shape index (κ3) is 2.81. The van der Waals surface area contributed by atoms with Gasteiger partial charge in [-0.25, -0.2) is 9.78 Å². The minimum atomic E-state index is -0.883. The number of hydrogen-bond acceptors (Lipinski definition) is 2. The summed E-state index contributed by atoms with van der Waals surface area (Å²) in [5.74, 6) is 1.08. The van der Waals surface area contributed by atoms with Gasteiger partial charge in [0.25, 0.3) is 0 Å². The number of carbonyl (C=O) groups is 1. The van der Waals surface area contributed by atoms with Gasteiger partial charge in [-0.3, -0.25) is 4.90 Å². The Hall–Kier alpha value is -1.82. The lowest BCUT2D eigenvalue weighted by molar-refractivity contribution is 0.138. The Labute approximate surface area is 131 Å². The summed E-state index contributed by atoms with van der Waals surface area (Å²) in [6.45, 7) is 2.63. The number of H-pyrrole nitrogens is 1. The van der Waals surface area contributed by atoms with Crippen LogP contribution in [-0.4, -0.2) is 32.6 Å². The maximum absolute atomic E-state index is 11.3. The Kier molecular flexibility index (Phi) is 3.71. The fraction of sp³-hybridized carbons (Fsp3) is 0.333. The quantitative estimate of drug-likeness (QED) is 0.863. The van der Waals surface area contributed by atoms with Gasteiger partial charge < -0.3 is 10.1 Å². The van der Waals surface area contributed by atoms with Crippen molar-refractivity contribution >= 4 is 22.0 Å². The highest BCUT2D eigenvalue weighted by Gasteiger charge is 2.35. The van der Waals surface area contributed by atoms with Gasteiger partial charge in [0.2, 0.25) is 0 Å². The number of nitrogens with zero attached hydrogens (tertiary/aromatic N) is 2. The lowest BCUT2D eigenvalue weighted by Crippen LogP contribution is -2.29. The van der Waals surface area contributed by atoms with Crippen LogP contribution < -0.4 is 0 Å². The standard InChI is InChI=1S/C15H16BrN3O2/c1-9-6-13(19(8-9)15(20)21)14-17-7-12(18-14)10-2-4-11(16)5-3-10/h2-5,7,9,13H,6,8H2,1H3,(H,17,18)(H,20,21). The highest BCUT2D eigenvalue weighted by atomic mass is 79.9. The molecule has 1 aromatic heterocycles. The fourth-order valence-corrected chi connectivity index (χ4v) is 3.06. The molecule has 1 aliphatic rings. The molecule has 1 saturated heterocycles. The van der Waals surface area contributed by atoms with Crippen molar-refractivity contribution in [2.45, 2.75) is 19.4 Å². The fourth-order valence-electron chi connectivity index (χ4n) is 2.80. The van der Waals surface area contributed by atoms with Crippen molar-refractivity contribution in [3.05, 3.63) is 40.8 Å². The first-order valence-corrected chi connectivity index (χ1v) is 7.64. The third-order valence-corrected chi connectivity index (χ3v) is 4.35. The van der Waals surface area contributed by atoms with Gasteiger partial charge in [-0.1, -0.05) is 35.0 Å². The molecule has 21 heavy (non-hydrogen) atoms. The molecule has 0 bridgehead atoms. The summed E-state index contributed by atoms with van der Waals surface area (Å²) >= 11 is 3.41. The van der Waals surface area contributed by atoms with Gasteiger partial charge in [0, 0.05) is 11.0 Å². The SMILES string of the molecule is CC1CC(c2ncc(-c3ccc(Br)cc3)[nH]2)N(C(=O)O)C1. The summed E-state index contributed by atoms with van der Waals surface area (Å²) in [7, 11) is 0. The second kappa shape index (κ2) is 5.52.